The molecule has 4 nitrogen and oxygen atoms in total. The highest BCUT2D eigenvalue weighted by Crippen LogP contribution is 2.12. The van der Waals surface area contributed by atoms with Crippen LogP contribution in [0.2, 0.25) is 0 Å². The van der Waals surface area contributed by atoms with E-state index in [0.29, 0.717) is 18.1 Å². The lowest BCUT2D eigenvalue weighted by Gasteiger charge is -2.14. The van der Waals surface area contributed by atoms with Crippen LogP contribution in [0.1, 0.15) is 55.5 Å². The summed E-state index contributed by atoms with van der Waals surface area (Å²) in [5.41, 5.74) is 1.58. The van der Waals surface area contributed by atoms with Crippen LogP contribution in [-0.2, 0) is 14.5 Å². The topological polar surface area (TPSA) is 44.8 Å². The number of benzene rings is 1. The van der Waals surface area contributed by atoms with Gasteiger partial charge in [-0.05, 0) is 31.4 Å². The number of ether oxygens (including phenoxy) is 1. The molecule has 0 radical (unpaired) electrons. The first-order valence-corrected chi connectivity index (χ1v) is 8.15. The summed E-state index contributed by atoms with van der Waals surface area (Å²) in [4.78, 5) is 21.3. The van der Waals surface area contributed by atoms with E-state index in [1.807, 2.05) is 19.1 Å². The smallest absolute Gasteiger partial charge is 0.373 e. The van der Waals surface area contributed by atoms with Crippen LogP contribution >= 0.6 is 0 Å². The van der Waals surface area contributed by atoms with Gasteiger partial charge in [-0.3, -0.25) is 4.89 Å². The second-order valence-corrected chi connectivity index (χ2v) is 5.55. The quantitative estimate of drug-likeness (QED) is 0.347. The largest absolute Gasteiger partial charge is 0.379 e. The Morgan fingerprint density at radius 3 is 2.50 bits per heavy atom. The van der Waals surface area contributed by atoms with E-state index in [4.69, 9.17) is 14.5 Å². The molecule has 0 spiro atoms. The standard InChI is InChI=1S/C18H28O4/c1-4-6-7-16(5-2)14-20-12-13-21-22-18(19)17-10-8-15(3)9-11-17/h8-11,16H,4-7,12-14H2,1-3H3. The molecule has 0 saturated carbocycles. The average Bonchev–Trinajstić information content (AvgIpc) is 2.54. The van der Waals surface area contributed by atoms with Crippen molar-refractivity contribution in [1.82, 2.24) is 0 Å². The maximum Gasteiger partial charge on any atom is 0.373 e. The molecule has 22 heavy (non-hydrogen) atoms. The zero-order valence-corrected chi connectivity index (χ0v) is 14.0. The molecule has 4 heteroatoms. The van der Waals surface area contributed by atoms with Crippen molar-refractivity contribution in [3.05, 3.63) is 35.4 Å². The molecule has 0 aromatic heterocycles. The second-order valence-electron chi connectivity index (χ2n) is 5.55. The van der Waals surface area contributed by atoms with E-state index in [9.17, 15) is 4.79 Å². The van der Waals surface area contributed by atoms with Crippen molar-refractivity contribution in [3.8, 4) is 0 Å². The van der Waals surface area contributed by atoms with Crippen molar-refractivity contribution in [2.24, 2.45) is 5.92 Å². The lowest BCUT2D eigenvalue weighted by Crippen LogP contribution is -2.14. The molecular formula is C18H28O4. The third-order valence-electron chi connectivity index (χ3n) is 3.63. The average molecular weight is 308 g/mol. The Kier molecular flexibility index (Phi) is 9.51. The van der Waals surface area contributed by atoms with Crippen molar-refractivity contribution in [2.75, 3.05) is 19.8 Å². The van der Waals surface area contributed by atoms with Gasteiger partial charge in [0.2, 0.25) is 0 Å². The van der Waals surface area contributed by atoms with Crippen molar-refractivity contribution in [1.29, 1.82) is 0 Å². The number of hydrogen-bond donors (Lipinski definition) is 0. The minimum absolute atomic E-state index is 0.252. The second kappa shape index (κ2) is 11.2. The third-order valence-corrected chi connectivity index (χ3v) is 3.63. The Morgan fingerprint density at radius 1 is 1.14 bits per heavy atom. The molecule has 1 rings (SSSR count). The number of unbranched alkanes of at least 4 members (excludes halogenated alkanes) is 1. The van der Waals surface area contributed by atoms with Crippen molar-refractivity contribution in [3.63, 3.8) is 0 Å². The molecule has 124 valence electrons. The normalized spacial score (nSPS) is 12.1. The third kappa shape index (κ3) is 7.57. The summed E-state index contributed by atoms with van der Waals surface area (Å²) < 4.78 is 5.57. The SMILES string of the molecule is CCCCC(CC)COCCOOC(=O)c1ccc(C)cc1. The molecule has 0 aliphatic carbocycles. The predicted octanol–water partition coefficient (Wildman–Crippen LogP) is 4.32. The Morgan fingerprint density at radius 2 is 1.86 bits per heavy atom. The molecule has 0 heterocycles. The van der Waals surface area contributed by atoms with Crippen LogP contribution in [0, 0.1) is 12.8 Å². The van der Waals surface area contributed by atoms with Gasteiger partial charge >= 0.3 is 5.97 Å². The van der Waals surface area contributed by atoms with Gasteiger partial charge in [0.05, 0.1) is 12.2 Å². The molecule has 1 unspecified atom stereocenters. The zero-order valence-electron chi connectivity index (χ0n) is 14.0. The van der Waals surface area contributed by atoms with E-state index >= 15 is 0 Å². The van der Waals surface area contributed by atoms with Crippen molar-refractivity contribution >= 4 is 5.97 Å². The molecule has 0 fully saturated rings. The Labute approximate surface area is 133 Å². The van der Waals surface area contributed by atoms with Crippen LogP contribution in [-0.4, -0.2) is 25.8 Å². The van der Waals surface area contributed by atoms with Crippen LogP contribution in [0.5, 0.6) is 0 Å². The Bertz CT molecular complexity index is 414. The molecule has 1 aromatic rings. The summed E-state index contributed by atoms with van der Waals surface area (Å²) in [5.74, 6) is 0.129. The van der Waals surface area contributed by atoms with Crippen molar-refractivity contribution < 1.29 is 19.3 Å². The molecule has 0 aliphatic heterocycles. The zero-order chi connectivity index (χ0) is 16.2. The first kappa shape index (κ1) is 18.7. The van der Waals surface area contributed by atoms with Gasteiger partial charge < -0.3 is 4.74 Å². The van der Waals surface area contributed by atoms with Gasteiger partial charge in [0.1, 0.15) is 6.61 Å². The molecule has 0 amide bonds. The van der Waals surface area contributed by atoms with Crippen LogP contribution in [0.3, 0.4) is 0 Å². The molecule has 0 bridgehead atoms. The minimum atomic E-state index is -0.477. The minimum Gasteiger partial charge on any atom is -0.379 e. The molecule has 1 atom stereocenters. The number of aryl methyl sites for hydroxylation is 1. The van der Waals surface area contributed by atoms with Crippen LogP contribution in [0.15, 0.2) is 24.3 Å². The fourth-order valence-electron chi connectivity index (χ4n) is 2.07. The van der Waals surface area contributed by atoms with Gasteiger partial charge in [0.15, 0.2) is 0 Å². The Balaban J connectivity index is 2.09. The fraction of sp³-hybridized carbons (Fsp3) is 0.611. The molecule has 0 N–H and O–H groups in total. The predicted molar refractivity (Wildman–Crippen MR) is 86.7 cm³/mol. The van der Waals surface area contributed by atoms with Gasteiger partial charge in [0, 0.05) is 6.61 Å². The summed E-state index contributed by atoms with van der Waals surface area (Å²) in [6.07, 6.45) is 4.79. The maximum absolute atomic E-state index is 11.7. The lowest BCUT2D eigenvalue weighted by molar-refractivity contribution is -0.247. The molecule has 0 aliphatic rings. The molecule has 1 aromatic carbocycles. The number of hydrogen-bond acceptors (Lipinski definition) is 4. The van der Waals surface area contributed by atoms with E-state index in [2.05, 4.69) is 13.8 Å². The highest BCUT2D eigenvalue weighted by molar-refractivity contribution is 5.88. The molecule has 0 saturated heterocycles. The summed E-state index contributed by atoms with van der Waals surface area (Å²) in [5, 5.41) is 0. The summed E-state index contributed by atoms with van der Waals surface area (Å²) >= 11 is 0. The first-order valence-electron chi connectivity index (χ1n) is 8.15. The van der Waals surface area contributed by atoms with Gasteiger partial charge in [-0.25, -0.2) is 4.79 Å². The fourth-order valence-corrected chi connectivity index (χ4v) is 2.07. The number of carbonyl (C=O) groups is 1. The van der Waals surface area contributed by atoms with E-state index < -0.39 is 5.97 Å². The highest BCUT2D eigenvalue weighted by Gasteiger charge is 2.08. The number of rotatable bonds is 11. The van der Waals surface area contributed by atoms with E-state index in [-0.39, 0.29) is 6.61 Å². The van der Waals surface area contributed by atoms with E-state index in [1.165, 1.54) is 19.3 Å². The van der Waals surface area contributed by atoms with Crippen LogP contribution in [0.4, 0.5) is 0 Å². The summed E-state index contributed by atoms with van der Waals surface area (Å²) in [7, 11) is 0. The monoisotopic (exact) mass is 308 g/mol. The van der Waals surface area contributed by atoms with E-state index in [0.717, 1.165) is 18.6 Å². The van der Waals surface area contributed by atoms with Gasteiger partial charge in [-0.1, -0.05) is 50.8 Å². The van der Waals surface area contributed by atoms with Gasteiger partial charge in [-0.2, -0.15) is 4.89 Å². The summed E-state index contributed by atoms with van der Waals surface area (Å²) in [6.45, 7) is 7.78. The lowest BCUT2D eigenvalue weighted by atomic mass is 10.0. The summed E-state index contributed by atoms with van der Waals surface area (Å²) in [6, 6.07) is 7.16. The highest BCUT2D eigenvalue weighted by atomic mass is 17.2. The molecular weight excluding hydrogens is 280 g/mol. The maximum atomic E-state index is 11.7. The van der Waals surface area contributed by atoms with E-state index in [1.54, 1.807) is 12.1 Å². The number of carbonyl (C=O) groups excluding carboxylic acids is 1. The van der Waals surface area contributed by atoms with Gasteiger partial charge in [-0.15, -0.1) is 0 Å². The first-order chi connectivity index (χ1) is 10.7. The van der Waals surface area contributed by atoms with Crippen LogP contribution in [0.25, 0.3) is 0 Å². The van der Waals surface area contributed by atoms with Gasteiger partial charge in [0.25, 0.3) is 0 Å². The van der Waals surface area contributed by atoms with Crippen molar-refractivity contribution in [2.45, 2.75) is 46.5 Å². The Hall–Kier alpha value is -1.39. The van der Waals surface area contributed by atoms with Crippen LogP contribution < -0.4 is 0 Å².